The molecular formula is C22H36N4O2. The van der Waals surface area contributed by atoms with Crippen LogP contribution < -0.4 is 10.6 Å². The third kappa shape index (κ3) is 5.46. The van der Waals surface area contributed by atoms with Crippen molar-refractivity contribution < 1.29 is 9.47 Å². The molecule has 156 valence electrons. The van der Waals surface area contributed by atoms with Crippen molar-refractivity contribution in [1.82, 2.24) is 15.5 Å². The minimum Gasteiger partial charge on any atom is -0.384 e. The van der Waals surface area contributed by atoms with Gasteiger partial charge in [-0.05, 0) is 31.7 Å². The molecule has 2 unspecified atom stereocenters. The highest BCUT2D eigenvalue weighted by Crippen LogP contribution is 2.25. The Bertz CT molecular complexity index is 616. The predicted molar refractivity (Wildman–Crippen MR) is 114 cm³/mol. The van der Waals surface area contributed by atoms with E-state index in [0.29, 0.717) is 12.0 Å². The lowest BCUT2D eigenvalue weighted by atomic mass is 9.88. The molecule has 1 aromatic rings. The van der Waals surface area contributed by atoms with Crippen molar-refractivity contribution in [3.63, 3.8) is 0 Å². The molecular weight excluding hydrogens is 352 g/mol. The highest BCUT2D eigenvalue weighted by Gasteiger charge is 2.35. The topological polar surface area (TPSA) is 58.1 Å². The summed E-state index contributed by atoms with van der Waals surface area (Å²) in [5, 5.41) is 7.57. The highest BCUT2D eigenvalue weighted by atomic mass is 16.5. The fourth-order valence-corrected chi connectivity index (χ4v) is 4.40. The van der Waals surface area contributed by atoms with Crippen LogP contribution >= 0.6 is 0 Å². The monoisotopic (exact) mass is 388 g/mol. The predicted octanol–water partition coefficient (Wildman–Crippen LogP) is 2.43. The van der Waals surface area contributed by atoms with Gasteiger partial charge in [0.2, 0.25) is 0 Å². The Kier molecular flexibility index (Phi) is 7.71. The van der Waals surface area contributed by atoms with Crippen molar-refractivity contribution in [3.05, 3.63) is 35.9 Å². The summed E-state index contributed by atoms with van der Waals surface area (Å²) >= 11 is 0. The molecule has 2 atom stereocenters. The van der Waals surface area contributed by atoms with Crippen molar-refractivity contribution in [2.24, 2.45) is 10.9 Å². The van der Waals surface area contributed by atoms with E-state index < -0.39 is 0 Å². The van der Waals surface area contributed by atoms with Gasteiger partial charge in [-0.1, -0.05) is 30.3 Å². The van der Waals surface area contributed by atoms with Crippen molar-refractivity contribution >= 4 is 5.96 Å². The first kappa shape index (κ1) is 21.1. The second-order valence-electron chi connectivity index (χ2n) is 8.13. The summed E-state index contributed by atoms with van der Waals surface area (Å²) < 4.78 is 11.0. The normalized spacial score (nSPS) is 23.6. The van der Waals surface area contributed by atoms with Gasteiger partial charge in [0.15, 0.2) is 5.96 Å². The minimum atomic E-state index is 0.00903. The first-order valence-corrected chi connectivity index (χ1v) is 10.5. The summed E-state index contributed by atoms with van der Waals surface area (Å²) in [6, 6.07) is 11.0. The zero-order valence-corrected chi connectivity index (χ0v) is 17.6. The van der Waals surface area contributed by atoms with Crippen LogP contribution in [0.2, 0.25) is 0 Å². The molecule has 2 N–H and O–H groups in total. The zero-order valence-electron chi connectivity index (χ0n) is 17.6. The largest absolute Gasteiger partial charge is 0.384 e. The lowest BCUT2D eigenvalue weighted by Gasteiger charge is -2.41. The molecule has 2 aliphatic rings. The molecule has 6 heteroatoms. The third-order valence-corrected chi connectivity index (χ3v) is 6.06. The molecule has 6 nitrogen and oxygen atoms in total. The number of ether oxygens (including phenoxy) is 2. The van der Waals surface area contributed by atoms with E-state index in [2.05, 4.69) is 57.8 Å². The van der Waals surface area contributed by atoms with Crippen molar-refractivity contribution in [2.75, 3.05) is 53.6 Å². The van der Waals surface area contributed by atoms with Gasteiger partial charge in [0.05, 0.1) is 6.61 Å². The molecule has 2 saturated heterocycles. The highest BCUT2D eigenvalue weighted by molar-refractivity contribution is 5.80. The summed E-state index contributed by atoms with van der Waals surface area (Å²) in [5.74, 6) is 1.59. The van der Waals surface area contributed by atoms with Crippen LogP contribution in [0.15, 0.2) is 35.3 Å². The van der Waals surface area contributed by atoms with Crippen LogP contribution in [-0.2, 0) is 9.47 Å². The van der Waals surface area contributed by atoms with E-state index in [4.69, 9.17) is 9.47 Å². The molecule has 0 saturated carbocycles. The fourth-order valence-electron chi connectivity index (χ4n) is 4.40. The molecule has 28 heavy (non-hydrogen) atoms. The maximum Gasteiger partial charge on any atom is 0.193 e. The van der Waals surface area contributed by atoms with Crippen LogP contribution in [0, 0.1) is 5.92 Å². The quantitative estimate of drug-likeness (QED) is 0.555. The van der Waals surface area contributed by atoms with E-state index in [0.717, 1.165) is 64.7 Å². The summed E-state index contributed by atoms with van der Waals surface area (Å²) in [6.45, 7) is 7.58. The molecule has 1 aromatic carbocycles. The molecule has 2 aliphatic heterocycles. The van der Waals surface area contributed by atoms with Crippen LogP contribution in [0.25, 0.3) is 0 Å². The molecule has 0 bridgehead atoms. The lowest BCUT2D eigenvalue weighted by molar-refractivity contribution is 0.0353. The summed E-state index contributed by atoms with van der Waals surface area (Å²) in [4.78, 5) is 6.91. The van der Waals surface area contributed by atoms with E-state index in [1.165, 1.54) is 5.56 Å². The number of aliphatic imine (C=N–C) groups is 1. The lowest BCUT2D eigenvalue weighted by Crippen LogP contribution is -2.58. The van der Waals surface area contributed by atoms with Gasteiger partial charge in [-0.2, -0.15) is 0 Å². The molecule has 0 aliphatic carbocycles. The molecule has 2 fully saturated rings. The number of likely N-dealkylation sites (tertiary alicyclic amines) is 1. The van der Waals surface area contributed by atoms with Gasteiger partial charge in [0.1, 0.15) is 0 Å². The van der Waals surface area contributed by atoms with E-state index in [1.54, 1.807) is 7.11 Å². The number of nitrogens with one attached hydrogen (secondary N) is 2. The van der Waals surface area contributed by atoms with E-state index in [-0.39, 0.29) is 5.54 Å². The Hall–Kier alpha value is -1.63. The zero-order chi connectivity index (χ0) is 19.8. The standard InChI is InChI=1S/C22H36N4O2/c1-18(20-7-5-4-6-8-20)25-22(10-13-28-14-11-22)17-24-21(23-2)26-12-9-19(15-26)16-27-3/h4-8,18-19,25H,9-17H2,1-3H3,(H,23,24). The molecule has 3 rings (SSSR count). The number of rotatable bonds is 7. The Morgan fingerprint density at radius 1 is 1.32 bits per heavy atom. The van der Waals surface area contributed by atoms with Gasteiger partial charge in [0, 0.05) is 64.5 Å². The van der Waals surface area contributed by atoms with E-state index >= 15 is 0 Å². The minimum absolute atomic E-state index is 0.00903. The number of guanidine groups is 1. The first-order chi connectivity index (χ1) is 13.7. The van der Waals surface area contributed by atoms with Crippen LogP contribution in [0.1, 0.15) is 37.8 Å². The van der Waals surface area contributed by atoms with Crippen LogP contribution in [0.5, 0.6) is 0 Å². The average Bonchev–Trinajstić information content (AvgIpc) is 3.18. The number of methoxy groups -OCH3 is 1. The fraction of sp³-hybridized carbons (Fsp3) is 0.682. The SMILES string of the molecule is CN=C(NCC1(NC(C)c2ccccc2)CCOCC1)N1CCC(COC)C1. The number of benzene rings is 1. The molecule has 0 spiro atoms. The summed E-state index contributed by atoms with van der Waals surface area (Å²) in [6.07, 6.45) is 3.16. The Balaban J connectivity index is 1.62. The Labute approximate surface area is 169 Å². The molecule has 0 radical (unpaired) electrons. The van der Waals surface area contributed by atoms with Crippen LogP contribution in [0.3, 0.4) is 0 Å². The van der Waals surface area contributed by atoms with E-state index in [1.807, 2.05) is 7.05 Å². The molecule has 0 aromatic heterocycles. The second-order valence-corrected chi connectivity index (χ2v) is 8.13. The first-order valence-electron chi connectivity index (χ1n) is 10.5. The Morgan fingerprint density at radius 2 is 2.07 bits per heavy atom. The van der Waals surface area contributed by atoms with Crippen LogP contribution in [0.4, 0.5) is 0 Å². The number of hydrogen-bond acceptors (Lipinski definition) is 4. The summed E-state index contributed by atoms with van der Waals surface area (Å²) in [5.41, 5.74) is 1.33. The van der Waals surface area contributed by atoms with Gasteiger partial charge >= 0.3 is 0 Å². The summed E-state index contributed by atoms with van der Waals surface area (Å²) in [7, 11) is 3.66. The van der Waals surface area contributed by atoms with Crippen molar-refractivity contribution in [1.29, 1.82) is 0 Å². The molecule has 2 heterocycles. The van der Waals surface area contributed by atoms with Gasteiger partial charge in [-0.25, -0.2) is 0 Å². The smallest absolute Gasteiger partial charge is 0.193 e. The number of hydrogen-bond donors (Lipinski definition) is 2. The number of nitrogens with zero attached hydrogens (tertiary/aromatic N) is 2. The maximum absolute atomic E-state index is 5.66. The van der Waals surface area contributed by atoms with Gasteiger partial charge in [0.25, 0.3) is 0 Å². The van der Waals surface area contributed by atoms with Gasteiger partial charge in [-0.15, -0.1) is 0 Å². The van der Waals surface area contributed by atoms with Gasteiger partial charge in [-0.3, -0.25) is 4.99 Å². The second kappa shape index (κ2) is 10.2. The molecule has 0 amide bonds. The van der Waals surface area contributed by atoms with Crippen molar-refractivity contribution in [2.45, 2.75) is 37.8 Å². The average molecular weight is 389 g/mol. The van der Waals surface area contributed by atoms with Crippen LogP contribution in [-0.4, -0.2) is 70.0 Å². The van der Waals surface area contributed by atoms with Gasteiger partial charge < -0.3 is 25.0 Å². The van der Waals surface area contributed by atoms with E-state index in [9.17, 15) is 0 Å². The Morgan fingerprint density at radius 3 is 2.75 bits per heavy atom. The van der Waals surface area contributed by atoms with Crippen molar-refractivity contribution in [3.8, 4) is 0 Å². The third-order valence-electron chi connectivity index (χ3n) is 6.06. The maximum atomic E-state index is 5.66.